The first-order valence-electron chi connectivity index (χ1n) is 6.30. The Bertz CT molecular complexity index is 391. The quantitative estimate of drug-likeness (QED) is 0.724. The highest BCUT2D eigenvalue weighted by Crippen LogP contribution is 2.40. The van der Waals surface area contributed by atoms with Gasteiger partial charge in [-0.3, -0.25) is 9.59 Å². The van der Waals surface area contributed by atoms with Gasteiger partial charge in [-0.2, -0.15) is 0 Å². The highest BCUT2D eigenvalue weighted by molar-refractivity contribution is 7.80. The standard InChI is InChI=1S/C12H19N3O2S/c1-14-6-7-15(8-9(14)16)11(17)12(10(13)18)4-2-3-5-12/h2-8H2,1H3,(H2,13,18). The van der Waals surface area contributed by atoms with Crippen molar-refractivity contribution in [1.29, 1.82) is 0 Å². The van der Waals surface area contributed by atoms with Crippen molar-refractivity contribution in [3.63, 3.8) is 0 Å². The molecule has 0 radical (unpaired) electrons. The SMILES string of the molecule is CN1CCN(C(=O)C2(C(N)=S)CCCC2)CC1=O. The van der Waals surface area contributed by atoms with Crippen molar-refractivity contribution in [2.24, 2.45) is 11.1 Å². The maximum Gasteiger partial charge on any atom is 0.241 e. The van der Waals surface area contributed by atoms with E-state index in [4.69, 9.17) is 18.0 Å². The molecule has 5 nitrogen and oxygen atoms in total. The van der Waals surface area contributed by atoms with Crippen molar-refractivity contribution in [2.75, 3.05) is 26.7 Å². The molecule has 2 rings (SSSR count). The number of carbonyl (C=O) groups excluding carboxylic acids is 2. The zero-order valence-corrected chi connectivity index (χ0v) is 11.5. The summed E-state index contributed by atoms with van der Waals surface area (Å²) in [6, 6.07) is 0. The number of carbonyl (C=O) groups is 2. The second-order valence-electron chi connectivity index (χ2n) is 5.20. The second kappa shape index (κ2) is 4.84. The normalized spacial score (nSPS) is 23.3. The number of nitrogens with zero attached hydrogens (tertiary/aromatic N) is 2. The molecule has 2 N–H and O–H groups in total. The topological polar surface area (TPSA) is 66.6 Å². The molecular weight excluding hydrogens is 250 g/mol. The Morgan fingerprint density at radius 3 is 2.44 bits per heavy atom. The van der Waals surface area contributed by atoms with E-state index >= 15 is 0 Å². The first-order chi connectivity index (χ1) is 8.47. The maximum atomic E-state index is 12.6. The molecule has 1 saturated carbocycles. The molecule has 2 fully saturated rings. The molecule has 100 valence electrons. The zero-order valence-electron chi connectivity index (χ0n) is 10.6. The summed E-state index contributed by atoms with van der Waals surface area (Å²) < 4.78 is 0. The van der Waals surface area contributed by atoms with Crippen LogP contribution in [0.1, 0.15) is 25.7 Å². The van der Waals surface area contributed by atoms with Crippen LogP contribution in [0.2, 0.25) is 0 Å². The van der Waals surface area contributed by atoms with E-state index in [0.717, 1.165) is 25.7 Å². The molecule has 0 aromatic carbocycles. The molecule has 0 unspecified atom stereocenters. The first kappa shape index (κ1) is 13.3. The first-order valence-corrected chi connectivity index (χ1v) is 6.71. The highest BCUT2D eigenvalue weighted by Gasteiger charge is 2.47. The van der Waals surface area contributed by atoms with Crippen LogP contribution in [0.15, 0.2) is 0 Å². The third kappa shape index (κ3) is 2.09. The summed E-state index contributed by atoms with van der Waals surface area (Å²) in [5.41, 5.74) is 5.10. The Labute approximate surface area is 112 Å². The van der Waals surface area contributed by atoms with E-state index in [2.05, 4.69) is 0 Å². The minimum absolute atomic E-state index is 0.0225. The molecule has 2 aliphatic rings. The fourth-order valence-corrected chi connectivity index (χ4v) is 3.07. The van der Waals surface area contributed by atoms with E-state index in [-0.39, 0.29) is 23.3 Å². The summed E-state index contributed by atoms with van der Waals surface area (Å²) >= 11 is 5.10. The van der Waals surface area contributed by atoms with Crippen LogP contribution in [0.25, 0.3) is 0 Å². The molecular formula is C12H19N3O2S. The van der Waals surface area contributed by atoms with E-state index < -0.39 is 5.41 Å². The van der Waals surface area contributed by atoms with E-state index in [9.17, 15) is 9.59 Å². The lowest BCUT2D eigenvalue weighted by Crippen LogP contribution is -2.56. The molecule has 2 amide bonds. The number of piperazine rings is 1. The van der Waals surface area contributed by atoms with Gasteiger partial charge >= 0.3 is 0 Å². The van der Waals surface area contributed by atoms with Crippen molar-refractivity contribution < 1.29 is 9.59 Å². The lowest BCUT2D eigenvalue weighted by atomic mass is 9.84. The summed E-state index contributed by atoms with van der Waals surface area (Å²) in [4.78, 5) is 27.8. The van der Waals surface area contributed by atoms with E-state index in [1.165, 1.54) is 0 Å². The molecule has 1 saturated heterocycles. The Morgan fingerprint density at radius 1 is 1.33 bits per heavy atom. The predicted octanol–water partition coefficient (Wildman–Crippen LogP) is 0.134. The van der Waals surface area contributed by atoms with Crippen LogP contribution in [-0.2, 0) is 9.59 Å². The van der Waals surface area contributed by atoms with E-state index in [1.807, 2.05) is 0 Å². The average Bonchev–Trinajstić information content (AvgIpc) is 2.82. The number of nitrogens with two attached hydrogens (primary N) is 1. The number of hydrogen-bond acceptors (Lipinski definition) is 3. The molecule has 0 bridgehead atoms. The van der Waals surface area contributed by atoms with Gasteiger partial charge in [0.1, 0.15) is 0 Å². The molecule has 1 aliphatic heterocycles. The van der Waals surface area contributed by atoms with Gasteiger partial charge in [0.05, 0.1) is 16.9 Å². The number of thiocarbonyl (C=S) groups is 1. The van der Waals surface area contributed by atoms with Crippen molar-refractivity contribution in [2.45, 2.75) is 25.7 Å². The third-order valence-corrected chi connectivity index (χ3v) is 4.47. The van der Waals surface area contributed by atoms with E-state index in [1.54, 1.807) is 16.8 Å². The van der Waals surface area contributed by atoms with Crippen molar-refractivity contribution >= 4 is 29.0 Å². The molecule has 1 heterocycles. The highest BCUT2D eigenvalue weighted by atomic mass is 32.1. The van der Waals surface area contributed by atoms with Crippen LogP contribution in [0.4, 0.5) is 0 Å². The second-order valence-corrected chi connectivity index (χ2v) is 5.64. The van der Waals surface area contributed by atoms with Gasteiger partial charge in [-0.1, -0.05) is 25.1 Å². The Kier molecular flexibility index (Phi) is 3.56. The molecule has 1 aliphatic carbocycles. The Balaban J connectivity index is 2.15. The number of rotatable bonds is 2. The smallest absolute Gasteiger partial charge is 0.241 e. The van der Waals surface area contributed by atoms with Crippen molar-refractivity contribution in [3.05, 3.63) is 0 Å². The summed E-state index contributed by atoms with van der Waals surface area (Å²) in [6.45, 7) is 1.31. The largest absolute Gasteiger partial charge is 0.392 e. The lowest BCUT2D eigenvalue weighted by Gasteiger charge is -2.37. The van der Waals surface area contributed by atoms with Crippen molar-refractivity contribution in [3.8, 4) is 0 Å². The molecule has 18 heavy (non-hydrogen) atoms. The van der Waals surface area contributed by atoms with E-state index in [0.29, 0.717) is 13.1 Å². The summed E-state index contributed by atoms with van der Waals surface area (Å²) in [5, 5.41) is 0. The fraction of sp³-hybridized carbons (Fsp3) is 0.750. The van der Waals surface area contributed by atoms with Gasteiger partial charge < -0.3 is 15.5 Å². The van der Waals surface area contributed by atoms with Crippen LogP contribution >= 0.6 is 12.2 Å². The summed E-state index contributed by atoms with van der Waals surface area (Å²) in [6.07, 6.45) is 3.40. The molecule has 6 heteroatoms. The minimum atomic E-state index is -0.689. The minimum Gasteiger partial charge on any atom is -0.392 e. The number of likely N-dealkylation sites (N-methyl/N-ethyl adjacent to an activating group) is 1. The van der Waals surface area contributed by atoms with Gasteiger partial charge in [-0.05, 0) is 12.8 Å². The Hall–Kier alpha value is -1.17. The molecule has 0 atom stereocenters. The fourth-order valence-electron chi connectivity index (χ4n) is 2.78. The monoisotopic (exact) mass is 269 g/mol. The van der Waals surface area contributed by atoms with Crippen LogP contribution in [0.3, 0.4) is 0 Å². The van der Waals surface area contributed by atoms with Crippen LogP contribution in [0, 0.1) is 5.41 Å². The van der Waals surface area contributed by atoms with Gasteiger partial charge in [0.25, 0.3) is 0 Å². The average molecular weight is 269 g/mol. The maximum absolute atomic E-state index is 12.6. The van der Waals surface area contributed by atoms with Gasteiger partial charge in [0, 0.05) is 20.1 Å². The number of amides is 2. The molecule has 0 aromatic heterocycles. The third-order valence-electron chi connectivity index (χ3n) is 4.08. The molecule has 0 spiro atoms. The summed E-state index contributed by atoms with van der Waals surface area (Å²) in [5.74, 6) is -0.0698. The van der Waals surface area contributed by atoms with Gasteiger partial charge in [0.2, 0.25) is 11.8 Å². The van der Waals surface area contributed by atoms with Crippen LogP contribution < -0.4 is 5.73 Å². The van der Waals surface area contributed by atoms with Gasteiger partial charge in [-0.25, -0.2) is 0 Å². The summed E-state index contributed by atoms with van der Waals surface area (Å²) in [7, 11) is 1.75. The Morgan fingerprint density at radius 2 is 1.94 bits per heavy atom. The van der Waals surface area contributed by atoms with Gasteiger partial charge in [0.15, 0.2) is 0 Å². The van der Waals surface area contributed by atoms with Crippen LogP contribution in [0.5, 0.6) is 0 Å². The lowest BCUT2D eigenvalue weighted by molar-refractivity contribution is -0.148. The van der Waals surface area contributed by atoms with Gasteiger partial charge in [-0.15, -0.1) is 0 Å². The van der Waals surface area contributed by atoms with Crippen LogP contribution in [-0.4, -0.2) is 53.3 Å². The van der Waals surface area contributed by atoms with Crippen molar-refractivity contribution in [1.82, 2.24) is 9.80 Å². The predicted molar refractivity (Wildman–Crippen MR) is 71.9 cm³/mol. The number of hydrogen-bond donors (Lipinski definition) is 1. The molecule has 0 aromatic rings. The zero-order chi connectivity index (χ0) is 13.3.